The lowest BCUT2D eigenvalue weighted by Crippen LogP contribution is -2.53. The molecule has 3 rings (SSSR count). The highest BCUT2D eigenvalue weighted by Gasteiger charge is 2.33. The Kier molecular flexibility index (Phi) is 4.88. The molecule has 8 nitrogen and oxygen atoms in total. The topological polar surface area (TPSA) is 96.6 Å². The number of pyridine rings is 1. The number of hydrogen-bond donors (Lipinski definition) is 0. The number of benzene rings is 1. The number of hydrogen-bond acceptors (Lipinski definition) is 6. The van der Waals surface area contributed by atoms with Gasteiger partial charge in [-0.05, 0) is 25.1 Å². The standard InChI is InChI=1S/C16H17FN4O4S/c1-12-11-19(8-9-20(12)16-7-3-6-15(17)18-16)26(24,25)14-5-2-4-13(10-14)21(22)23/h2-7,10,12H,8-9,11H2,1H3. The van der Waals surface area contributed by atoms with Gasteiger partial charge in [0.25, 0.3) is 5.69 Å². The van der Waals surface area contributed by atoms with Crippen molar-refractivity contribution >= 4 is 21.5 Å². The van der Waals surface area contributed by atoms with Crippen molar-refractivity contribution in [2.45, 2.75) is 17.9 Å². The van der Waals surface area contributed by atoms with Crippen molar-refractivity contribution in [3.63, 3.8) is 0 Å². The molecular weight excluding hydrogens is 363 g/mol. The van der Waals surface area contributed by atoms with Crippen LogP contribution in [-0.2, 0) is 10.0 Å². The van der Waals surface area contributed by atoms with Crippen molar-refractivity contribution in [1.82, 2.24) is 9.29 Å². The lowest BCUT2D eigenvalue weighted by Gasteiger charge is -2.39. The largest absolute Gasteiger partial charge is 0.351 e. The molecular formula is C16H17FN4O4S. The summed E-state index contributed by atoms with van der Waals surface area (Å²) in [5.41, 5.74) is -0.276. The number of nitro benzene ring substituents is 1. The first-order valence-electron chi connectivity index (χ1n) is 7.93. The predicted molar refractivity (Wildman–Crippen MR) is 92.9 cm³/mol. The van der Waals surface area contributed by atoms with Crippen molar-refractivity contribution in [1.29, 1.82) is 0 Å². The number of piperazine rings is 1. The molecule has 1 saturated heterocycles. The first-order chi connectivity index (χ1) is 12.3. The van der Waals surface area contributed by atoms with Crippen LogP contribution in [0.15, 0.2) is 47.4 Å². The van der Waals surface area contributed by atoms with Gasteiger partial charge in [-0.1, -0.05) is 12.1 Å². The number of sulfonamides is 1. The van der Waals surface area contributed by atoms with Gasteiger partial charge in [-0.15, -0.1) is 0 Å². The normalized spacial score (nSPS) is 18.7. The average molecular weight is 380 g/mol. The van der Waals surface area contributed by atoms with E-state index < -0.39 is 20.9 Å². The molecule has 1 aromatic carbocycles. The van der Waals surface area contributed by atoms with E-state index in [0.29, 0.717) is 12.4 Å². The summed E-state index contributed by atoms with van der Waals surface area (Å²) < 4.78 is 40.3. The van der Waals surface area contributed by atoms with Crippen LogP contribution in [0.4, 0.5) is 15.9 Å². The fourth-order valence-corrected chi connectivity index (χ4v) is 4.50. The van der Waals surface area contributed by atoms with Gasteiger partial charge in [0.05, 0.1) is 9.82 Å². The minimum absolute atomic E-state index is 0.115. The second kappa shape index (κ2) is 6.96. The SMILES string of the molecule is CC1CN(S(=O)(=O)c2cccc([N+](=O)[O-])c2)CCN1c1cccc(F)n1. The van der Waals surface area contributed by atoms with Crippen LogP contribution in [0.25, 0.3) is 0 Å². The molecule has 0 radical (unpaired) electrons. The third-order valence-electron chi connectivity index (χ3n) is 4.25. The highest BCUT2D eigenvalue weighted by Crippen LogP contribution is 2.25. The molecule has 1 atom stereocenters. The zero-order valence-electron chi connectivity index (χ0n) is 13.9. The number of halogens is 1. The van der Waals surface area contributed by atoms with Crippen molar-refractivity contribution in [2.75, 3.05) is 24.5 Å². The summed E-state index contributed by atoms with van der Waals surface area (Å²) >= 11 is 0. The van der Waals surface area contributed by atoms with Crippen molar-refractivity contribution in [3.05, 3.63) is 58.5 Å². The number of non-ortho nitro benzene ring substituents is 1. The lowest BCUT2D eigenvalue weighted by molar-refractivity contribution is -0.385. The summed E-state index contributed by atoms with van der Waals surface area (Å²) in [6.45, 7) is 2.50. The number of anilines is 1. The average Bonchev–Trinajstić information content (AvgIpc) is 2.61. The monoisotopic (exact) mass is 380 g/mol. The van der Waals surface area contributed by atoms with Gasteiger partial charge in [0.1, 0.15) is 5.82 Å². The van der Waals surface area contributed by atoms with Crippen LogP contribution in [0.3, 0.4) is 0 Å². The maximum absolute atomic E-state index is 13.3. The molecule has 138 valence electrons. The molecule has 0 bridgehead atoms. The molecule has 0 amide bonds. The molecule has 1 fully saturated rings. The number of nitrogens with zero attached hydrogens (tertiary/aromatic N) is 4. The predicted octanol–water partition coefficient (Wildman–Crippen LogP) is 2.03. The Morgan fingerprint density at radius 3 is 2.62 bits per heavy atom. The summed E-state index contributed by atoms with van der Waals surface area (Å²) in [6, 6.07) is 9.23. The van der Waals surface area contributed by atoms with Crippen LogP contribution < -0.4 is 4.90 Å². The Morgan fingerprint density at radius 2 is 1.96 bits per heavy atom. The fraction of sp³-hybridized carbons (Fsp3) is 0.312. The Morgan fingerprint density at radius 1 is 1.23 bits per heavy atom. The minimum Gasteiger partial charge on any atom is -0.351 e. The van der Waals surface area contributed by atoms with Crippen LogP contribution in [0.5, 0.6) is 0 Å². The van der Waals surface area contributed by atoms with E-state index in [1.54, 1.807) is 12.1 Å². The van der Waals surface area contributed by atoms with Crippen LogP contribution >= 0.6 is 0 Å². The lowest BCUT2D eigenvalue weighted by atomic mass is 10.2. The van der Waals surface area contributed by atoms with E-state index in [0.717, 1.165) is 6.07 Å². The number of nitro groups is 1. The Bertz CT molecular complexity index is 937. The van der Waals surface area contributed by atoms with Gasteiger partial charge in [-0.2, -0.15) is 8.70 Å². The fourth-order valence-electron chi connectivity index (χ4n) is 2.95. The van der Waals surface area contributed by atoms with Gasteiger partial charge in [-0.25, -0.2) is 13.4 Å². The maximum atomic E-state index is 13.3. The molecule has 2 heterocycles. The van der Waals surface area contributed by atoms with E-state index in [9.17, 15) is 22.9 Å². The molecule has 2 aromatic rings. The molecule has 1 unspecified atom stereocenters. The van der Waals surface area contributed by atoms with Gasteiger partial charge in [-0.3, -0.25) is 10.1 Å². The van der Waals surface area contributed by atoms with E-state index in [1.807, 2.05) is 11.8 Å². The van der Waals surface area contributed by atoms with Crippen molar-refractivity contribution in [2.24, 2.45) is 0 Å². The molecule has 0 N–H and O–H groups in total. The van der Waals surface area contributed by atoms with Crippen molar-refractivity contribution in [3.8, 4) is 0 Å². The quantitative estimate of drug-likeness (QED) is 0.457. The number of aromatic nitrogens is 1. The molecule has 10 heteroatoms. The molecule has 0 aliphatic carbocycles. The van der Waals surface area contributed by atoms with E-state index >= 15 is 0 Å². The highest BCUT2D eigenvalue weighted by atomic mass is 32.2. The third kappa shape index (κ3) is 3.51. The Balaban J connectivity index is 1.81. The molecule has 0 spiro atoms. The smallest absolute Gasteiger partial charge is 0.270 e. The van der Waals surface area contributed by atoms with Crippen LogP contribution in [0.2, 0.25) is 0 Å². The molecule has 26 heavy (non-hydrogen) atoms. The molecule has 0 saturated carbocycles. The summed E-state index contributed by atoms with van der Waals surface area (Å²) in [7, 11) is -3.86. The first kappa shape index (κ1) is 18.2. The van der Waals surface area contributed by atoms with Crippen molar-refractivity contribution < 1.29 is 17.7 Å². The zero-order valence-corrected chi connectivity index (χ0v) is 14.8. The van der Waals surface area contributed by atoms with E-state index in [2.05, 4.69) is 4.98 Å². The van der Waals surface area contributed by atoms with Crippen LogP contribution in [-0.4, -0.2) is 48.3 Å². The van der Waals surface area contributed by atoms with E-state index in [-0.39, 0.29) is 29.7 Å². The van der Waals surface area contributed by atoms with E-state index in [1.165, 1.54) is 28.6 Å². The zero-order chi connectivity index (χ0) is 18.9. The second-order valence-corrected chi connectivity index (χ2v) is 7.92. The third-order valence-corrected chi connectivity index (χ3v) is 6.11. The summed E-state index contributed by atoms with van der Waals surface area (Å²) in [6.07, 6.45) is 0. The maximum Gasteiger partial charge on any atom is 0.270 e. The summed E-state index contributed by atoms with van der Waals surface area (Å²) in [4.78, 5) is 15.8. The highest BCUT2D eigenvalue weighted by molar-refractivity contribution is 7.89. The summed E-state index contributed by atoms with van der Waals surface area (Å²) in [5, 5.41) is 10.9. The molecule has 1 aliphatic rings. The first-order valence-corrected chi connectivity index (χ1v) is 9.37. The Labute approximate surface area is 150 Å². The van der Waals surface area contributed by atoms with Gasteiger partial charge in [0.15, 0.2) is 0 Å². The van der Waals surface area contributed by atoms with E-state index in [4.69, 9.17) is 0 Å². The van der Waals surface area contributed by atoms with Gasteiger partial charge in [0.2, 0.25) is 16.0 Å². The summed E-state index contributed by atoms with van der Waals surface area (Å²) in [5.74, 6) is -0.147. The second-order valence-electron chi connectivity index (χ2n) is 5.98. The van der Waals surface area contributed by atoms with Gasteiger partial charge < -0.3 is 4.90 Å². The number of rotatable bonds is 4. The molecule has 1 aliphatic heterocycles. The minimum atomic E-state index is -3.86. The molecule has 1 aromatic heterocycles. The van der Waals surface area contributed by atoms with Gasteiger partial charge in [0, 0.05) is 37.8 Å². The Hall–Kier alpha value is -2.59. The van der Waals surface area contributed by atoms with Crippen LogP contribution in [0, 0.1) is 16.1 Å². The van der Waals surface area contributed by atoms with Gasteiger partial charge >= 0.3 is 0 Å². The van der Waals surface area contributed by atoms with Crippen LogP contribution in [0.1, 0.15) is 6.92 Å².